The summed E-state index contributed by atoms with van der Waals surface area (Å²) in [5.41, 5.74) is 0. The van der Waals surface area contributed by atoms with Crippen LogP contribution < -0.4 is 10.6 Å². The van der Waals surface area contributed by atoms with E-state index in [0.29, 0.717) is 6.42 Å². The fraction of sp³-hybridized carbons (Fsp3) is 1.00. The number of alkyl halides is 3. The minimum atomic E-state index is -4.18. The molecule has 2 unspecified atom stereocenters. The summed E-state index contributed by atoms with van der Waals surface area (Å²) in [6.45, 7) is 9.26. The Labute approximate surface area is 102 Å². The lowest BCUT2D eigenvalue weighted by atomic mass is 10.0. The number of hydrogen-bond donors (Lipinski definition) is 2. The second kappa shape index (κ2) is 7.21. The topological polar surface area (TPSA) is 24.1 Å². The van der Waals surface area contributed by atoms with Crippen molar-refractivity contribution in [3.63, 3.8) is 0 Å². The number of halogens is 3. The molecule has 0 aliphatic heterocycles. The maximum atomic E-state index is 12.8. The number of hydrogen-bond acceptors (Lipinski definition) is 2. The first-order chi connectivity index (χ1) is 7.66. The summed E-state index contributed by atoms with van der Waals surface area (Å²) in [6, 6.07) is -1.50. The van der Waals surface area contributed by atoms with Gasteiger partial charge in [-0.3, -0.25) is 0 Å². The van der Waals surface area contributed by atoms with Crippen LogP contribution in [0.25, 0.3) is 0 Å². The first-order valence-electron chi connectivity index (χ1n) is 6.25. The average molecular weight is 254 g/mol. The summed E-state index contributed by atoms with van der Waals surface area (Å²) >= 11 is 0. The molecule has 0 heterocycles. The van der Waals surface area contributed by atoms with Crippen molar-refractivity contribution in [1.29, 1.82) is 0 Å². The Kier molecular flexibility index (Phi) is 7.09. The van der Waals surface area contributed by atoms with Crippen LogP contribution in [0.1, 0.15) is 47.5 Å². The molecule has 17 heavy (non-hydrogen) atoms. The van der Waals surface area contributed by atoms with Crippen LogP contribution in [0.2, 0.25) is 0 Å². The SMILES string of the molecule is CCC(CC(NC(C)C)C(F)(F)F)NC(C)C. The molecule has 0 aromatic heterocycles. The van der Waals surface area contributed by atoms with E-state index in [2.05, 4.69) is 10.6 Å². The third kappa shape index (κ3) is 7.60. The second-order valence-corrected chi connectivity index (χ2v) is 5.08. The molecule has 0 spiro atoms. The summed E-state index contributed by atoms with van der Waals surface area (Å²) in [6.07, 6.45) is -3.41. The average Bonchev–Trinajstić information content (AvgIpc) is 2.12. The first kappa shape index (κ1) is 16.7. The molecule has 0 aliphatic rings. The Balaban J connectivity index is 4.49. The molecular formula is C12H25F3N2. The molecule has 0 radical (unpaired) electrons. The van der Waals surface area contributed by atoms with Gasteiger partial charge in [-0.05, 0) is 12.8 Å². The van der Waals surface area contributed by atoms with Gasteiger partial charge in [-0.2, -0.15) is 13.2 Å². The Morgan fingerprint density at radius 1 is 0.941 bits per heavy atom. The summed E-state index contributed by atoms with van der Waals surface area (Å²) in [5, 5.41) is 5.76. The molecule has 0 saturated carbocycles. The monoisotopic (exact) mass is 254 g/mol. The van der Waals surface area contributed by atoms with Gasteiger partial charge in [0.15, 0.2) is 0 Å². The van der Waals surface area contributed by atoms with Crippen LogP contribution in [0.4, 0.5) is 13.2 Å². The van der Waals surface area contributed by atoms with Crippen molar-refractivity contribution >= 4 is 0 Å². The van der Waals surface area contributed by atoms with E-state index in [1.165, 1.54) is 0 Å². The zero-order valence-corrected chi connectivity index (χ0v) is 11.4. The van der Waals surface area contributed by atoms with Crippen LogP contribution in [0.3, 0.4) is 0 Å². The van der Waals surface area contributed by atoms with Gasteiger partial charge in [0.05, 0.1) is 0 Å². The van der Waals surface area contributed by atoms with Crippen molar-refractivity contribution in [1.82, 2.24) is 10.6 Å². The Bertz CT molecular complexity index is 202. The predicted molar refractivity (Wildman–Crippen MR) is 65.1 cm³/mol. The Morgan fingerprint density at radius 2 is 1.41 bits per heavy atom. The van der Waals surface area contributed by atoms with Gasteiger partial charge in [0.1, 0.15) is 6.04 Å². The van der Waals surface area contributed by atoms with Gasteiger partial charge >= 0.3 is 6.18 Å². The molecule has 0 bridgehead atoms. The molecule has 0 amide bonds. The van der Waals surface area contributed by atoms with Gasteiger partial charge in [0, 0.05) is 18.1 Å². The molecule has 0 aliphatic carbocycles. The highest BCUT2D eigenvalue weighted by molar-refractivity contribution is 4.83. The standard InChI is InChI=1S/C12H25F3N2/c1-6-10(16-8(2)3)7-11(12(13,14)15)17-9(4)5/h8-11,16-17H,6-7H2,1-5H3. The fourth-order valence-electron chi connectivity index (χ4n) is 1.81. The van der Waals surface area contributed by atoms with Gasteiger partial charge in [-0.15, -0.1) is 0 Å². The maximum Gasteiger partial charge on any atom is 0.403 e. The maximum absolute atomic E-state index is 12.8. The van der Waals surface area contributed by atoms with E-state index in [9.17, 15) is 13.2 Å². The van der Waals surface area contributed by atoms with E-state index in [1.54, 1.807) is 13.8 Å². The third-order valence-corrected chi connectivity index (χ3v) is 2.51. The van der Waals surface area contributed by atoms with Crippen LogP contribution in [-0.2, 0) is 0 Å². The highest BCUT2D eigenvalue weighted by atomic mass is 19.4. The summed E-state index contributed by atoms with van der Waals surface area (Å²) in [4.78, 5) is 0. The van der Waals surface area contributed by atoms with Gasteiger partial charge in [0.2, 0.25) is 0 Å². The van der Waals surface area contributed by atoms with E-state index >= 15 is 0 Å². The lowest BCUT2D eigenvalue weighted by Crippen LogP contribution is -2.50. The summed E-state index contributed by atoms with van der Waals surface area (Å²) in [5.74, 6) is 0. The Hall–Kier alpha value is -0.290. The molecule has 2 N–H and O–H groups in total. The largest absolute Gasteiger partial charge is 0.403 e. The zero-order valence-electron chi connectivity index (χ0n) is 11.4. The minimum Gasteiger partial charge on any atom is -0.312 e. The van der Waals surface area contributed by atoms with E-state index < -0.39 is 12.2 Å². The van der Waals surface area contributed by atoms with Crippen molar-refractivity contribution in [3.05, 3.63) is 0 Å². The lowest BCUT2D eigenvalue weighted by molar-refractivity contribution is -0.160. The number of nitrogens with one attached hydrogen (secondary N) is 2. The van der Waals surface area contributed by atoms with E-state index in [0.717, 1.165) is 0 Å². The van der Waals surface area contributed by atoms with E-state index in [-0.39, 0.29) is 24.5 Å². The quantitative estimate of drug-likeness (QED) is 0.729. The predicted octanol–water partition coefficient (Wildman–Crippen LogP) is 3.08. The van der Waals surface area contributed by atoms with Crippen LogP contribution in [0.5, 0.6) is 0 Å². The minimum absolute atomic E-state index is 0.0797. The molecule has 0 aromatic carbocycles. The zero-order chi connectivity index (χ0) is 13.6. The van der Waals surface area contributed by atoms with Crippen LogP contribution in [0.15, 0.2) is 0 Å². The first-order valence-corrected chi connectivity index (χ1v) is 6.25. The van der Waals surface area contributed by atoms with Crippen LogP contribution in [-0.4, -0.2) is 30.3 Å². The lowest BCUT2D eigenvalue weighted by Gasteiger charge is -2.29. The van der Waals surface area contributed by atoms with Crippen molar-refractivity contribution in [2.45, 2.75) is 77.8 Å². The molecular weight excluding hydrogens is 229 g/mol. The van der Waals surface area contributed by atoms with Gasteiger partial charge in [-0.1, -0.05) is 34.6 Å². The third-order valence-electron chi connectivity index (χ3n) is 2.51. The van der Waals surface area contributed by atoms with Crippen molar-refractivity contribution in [2.24, 2.45) is 0 Å². The van der Waals surface area contributed by atoms with Gasteiger partial charge in [0.25, 0.3) is 0 Å². The fourth-order valence-corrected chi connectivity index (χ4v) is 1.81. The molecule has 0 rings (SSSR count). The molecule has 2 atom stereocenters. The van der Waals surface area contributed by atoms with Crippen LogP contribution in [0, 0.1) is 0 Å². The highest BCUT2D eigenvalue weighted by Gasteiger charge is 2.40. The van der Waals surface area contributed by atoms with E-state index in [1.807, 2.05) is 20.8 Å². The van der Waals surface area contributed by atoms with Crippen LogP contribution >= 0.6 is 0 Å². The van der Waals surface area contributed by atoms with Gasteiger partial charge in [-0.25, -0.2) is 0 Å². The molecule has 0 aromatic rings. The molecule has 0 saturated heterocycles. The summed E-state index contributed by atoms with van der Waals surface area (Å²) in [7, 11) is 0. The molecule has 0 fully saturated rings. The molecule has 104 valence electrons. The number of rotatable bonds is 7. The molecule has 5 heteroatoms. The van der Waals surface area contributed by atoms with Crippen molar-refractivity contribution < 1.29 is 13.2 Å². The molecule has 2 nitrogen and oxygen atoms in total. The van der Waals surface area contributed by atoms with E-state index in [4.69, 9.17) is 0 Å². The van der Waals surface area contributed by atoms with Crippen molar-refractivity contribution in [3.8, 4) is 0 Å². The second-order valence-electron chi connectivity index (χ2n) is 5.08. The highest BCUT2D eigenvalue weighted by Crippen LogP contribution is 2.24. The van der Waals surface area contributed by atoms with Gasteiger partial charge < -0.3 is 10.6 Å². The normalized spacial score (nSPS) is 16.6. The van der Waals surface area contributed by atoms with Crippen molar-refractivity contribution in [2.75, 3.05) is 0 Å². The Morgan fingerprint density at radius 3 is 1.71 bits per heavy atom. The summed E-state index contributed by atoms with van der Waals surface area (Å²) < 4.78 is 38.5. The smallest absolute Gasteiger partial charge is 0.312 e.